The summed E-state index contributed by atoms with van der Waals surface area (Å²) >= 11 is 0. The Morgan fingerprint density at radius 3 is 2.60 bits per heavy atom. The number of hydrogen-bond donors (Lipinski definition) is 0. The molecular formula is C14H17FN2O3. The van der Waals surface area contributed by atoms with E-state index in [-0.39, 0.29) is 11.7 Å². The molecule has 1 aliphatic heterocycles. The molecule has 0 bridgehead atoms. The first-order chi connectivity index (χ1) is 9.65. The van der Waals surface area contributed by atoms with Crippen LogP contribution >= 0.6 is 0 Å². The summed E-state index contributed by atoms with van der Waals surface area (Å²) in [6, 6.07) is 4.22. The average molecular weight is 280 g/mol. The molecule has 1 aromatic rings. The maximum Gasteiger partial charge on any atom is 0.254 e. The quantitative estimate of drug-likeness (QED) is 0.777. The fourth-order valence-electron chi connectivity index (χ4n) is 2.12. The SMILES string of the molecule is CCOc1ccc(C(=O)N2CCN(C=O)CC2)cc1F. The van der Waals surface area contributed by atoms with Gasteiger partial charge in [0.1, 0.15) is 0 Å². The molecule has 1 saturated heterocycles. The van der Waals surface area contributed by atoms with E-state index in [0.29, 0.717) is 38.3 Å². The van der Waals surface area contributed by atoms with Gasteiger partial charge in [0.05, 0.1) is 6.61 Å². The minimum Gasteiger partial charge on any atom is -0.491 e. The van der Waals surface area contributed by atoms with E-state index in [1.54, 1.807) is 22.8 Å². The molecular weight excluding hydrogens is 263 g/mol. The highest BCUT2D eigenvalue weighted by atomic mass is 19.1. The molecule has 0 atom stereocenters. The Balaban J connectivity index is 2.06. The van der Waals surface area contributed by atoms with Gasteiger partial charge in [-0.15, -0.1) is 0 Å². The van der Waals surface area contributed by atoms with Gasteiger partial charge in [-0.2, -0.15) is 0 Å². The van der Waals surface area contributed by atoms with Crippen LogP contribution in [0.1, 0.15) is 17.3 Å². The van der Waals surface area contributed by atoms with Crippen molar-refractivity contribution in [2.75, 3.05) is 32.8 Å². The number of ether oxygens (including phenoxy) is 1. The van der Waals surface area contributed by atoms with Gasteiger partial charge >= 0.3 is 0 Å². The van der Waals surface area contributed by atoms with Gasteiger partial charge in [-0.25, -0.2) is 4.39 Å². The molecule has 5 nitrogen and oxygen atoms in total. The molecule has 1 fully saturated rings. The summed E-state index contributed by atoms with van der Waals surface area (Å²) in [5.41, 5.74) is 0.297. The molecule has 1 aliphatic rings. The van der Waals surface area contributed by atoms with Gasteiger partial charge in [0.15, 0.2) is 11.6 Å². The number of rotatable bonds is 4. The van der Waals surface area contributed by atoms with Crippen LogP contribution in [0.25, 0.3) is 0 Å². The highest BCUT2D eigenvalue weighted by Crippen LogP contribution is 2.19. The highest BCUT2D eigenvalue weighted by molar-refractivity contribution is 5.94. The molecule has 1 aromatic carbocycles. The molecule has 0 unspecified atom stereocenters. The van der Waals surface area contributed by atoms with Gasteiger partial charge in [-0.05, 0) is 25.1 Å². The van der Waals surface area contributed by atoms with E-state index in [2.05, 4.69) is 0 Å². The standard InChI is InChI=1S/C14H17FN2O3/c1-2-20-13-4-3-11(9-12(13)15)14(19)17-7-5-16(10-18)6-8-17/h3-4,9-10H,2,5-8H2,1H3. The van der Waals surface area contributed by atoms with Crippen molar-refractivity contribution in [2.24, 2.45) is 0 Å². The number of halogens is 1. The monoisotopic (exact) mass is 280 g/mol. The van der Waals surface area contributed by atoms with E-state index in [0.717, 1.165) is 6.41 Å². The summed E-state index contributed by atoms with van der Waals surface area (Å²) in [6.07, 6.45) is 0.776. The summed E-state index contributed by atoms with van der Waals surface area (Å²) in [6.45, 7) is 4.09. The Morgan fingerprint density at radius 1 is 1.35 bits per heavy atom. The zero-order chi connectivity index (χ0) is 14.5. The van der Waals surface area contributed by atoms with Crippen molar-refractivity contribution < 1.29 is 18.7 Å². The van der Waals surface area contributed by atoms with Crippen LogP contribution in [-0.2, 0) is 4.79 Å². The molecule has 0 spiro atoms. The topological polar surface area (TPSA) is 49.9 Å². The molecule has 0 saturated carbocycles. The van der Waals surface area contributed by atoms with Crippen molar-refractivity contribution in [3.05, 3.63) is 29.6 Å². The molecule has 0 radical (unpaired) electrons. The molecule has 108 valence electrons. The molecule has 2 amide bonds. The smallest absolute Gasteiger partial charge is 0.254 e. The number of benzene rings is 1. The van der Waals surface area contributed by atoms with Gasteiger partial charge < -0.3 is 14.5 Å². The lowest BCUT2D eigenvalue weighted by Crippen LogP contribution is -2.48. The first-order valence-corrected chi connectivity index (χ1v) is 6.56. The van der Waals surface area contributed by atoms with Crippen molar-refractivity contribution in [1.29, 1.82) is 0 Å². The number of nitrogens with zero attached hydrogens (tertiary/aromatic N) is 2. The van der Waals surface area contributed by atoms with Crippen LogP contribution in [0, 0.1) is 5.82 Å². The van der Waals surface area contributed by atoms with E-state index in [1.807, 2.05) is 0 Å². The fourth-order valence-corrected chi connectivity index (χ4v) is 2.12. The van der Waals surface area contributed by atoms with E-state index in [4.69, 9.17) is 4.74 Å². The lowest BCUT2D eigenvalue weighted by Gasteiger charge is -2.32. The van der Waals surface area contributed by atoms with E-state index < -0.39 is 5.82 Å². The molecule has 0 N–H and O–H groups in total. The van der Waals surface area contributed by atoms with Crippen molar-refractivity contribution in [2.45, 2.75) is 6.92 Å². The Hall–Kier alpha value is -2.11. The van der Waals surface area contributed by atoms with Crippen molar-refractivity contribution >= 4 is 12.3 Å². The van der Waals surface area contributed by atoms with Crippen LogP contribution in [0.2, 0.25) is 0 Å². The Bertz CT molecular complexity index is 499. The van der Waals surface area contributed by atoms with Crippen LogP contribution in [0.5, 0.6) is 5.75 Å². The third-order valence-electron chi connectivity index (χ3n) is 3.23. The van der Waals surface area contributed by atoms with Crippen molar-refractivity contribution in [3.8, 4) is 5.75 Å². The molecule has 0 aliphatic carbocycles. The molecule has 20 heavy (non-hydrogen) atoms. The lowest BCUT2D eigenvalue weighted by molar-refractivity contribution is -0.119. The number of amides is 2. The second-order valence-corrected chi connectivity index (χ2v) is 4.51. The first-order valence-electron chi connectivity index (χ1n) is 6.56. The van der Waals surface area contributed by atoms with E-state index in [1.165, 1.54) is 12.1 Å². The number of hydrogen-bond acceptors (Lipinski definition) is 3. The van der Waals surface area contributed by atoms with Crippen LogP contribution in [-0.4, -0.2) is 54.9 Å². The predicted molar refractivity (Wildman–Crippen MR) is 71.1 cm³/mol. The van der Waals surface area contributed by atoms with Crippen molar-refractivity contribution in [3.63, 3.8) is 0 Å². The largest absolute Gasteiger partial charge is 0.491 e. The molecule has 2 rings (SSSR count). The second-order valence-electron chi connectivity index (χ2n) is 4.51. The average Bonchev–Trinajstić information content (AvgIpc) is 2.49. The van der Waals surface area contributed by atoms with Gasteiger partial charge in [-0.3, -0.25) is 9.59 Å². The normalized spacial score (nSPS) is 15.1. The minimum atomic E-state index is -0.538. The van der Waals surface area contributed by atoms with Gasteiger partial charge in [0, 0.05) is 31.7 Å². The van der Waals surface area contributed by atoms with E-state index in [9.17, 15) is 14.0 Å². The Labute approximate surface area is 116 Å². The van der Waals surface area contributed by atoms with Crippen LogP contribution in [0.15, 0.2) is 18.2 Å². The predicted octanol–water partition coefficient (Wildman–Crippen LogP) is 1.14. The van der Waals surface area contributed by atoms with Gasteiger partial charge in [0.2, 0.25) is 6.41 Å². The lowest BCUT2D eigenvalue weighted by atomic mass is 10.1. The summed E-state index contributed by atoms with van der Waals surface area (Å²) in [4.78, 5) is 26.1. The first kappa shape index (κ1) is 14.3. The molecule has 0 aromatic heterocycles. The van der Waals surface area contributed by atoms with Gasteiger partial charge in [0.25, 0.3) is 5.91 Å². The Morgan fingerprint density at radius 2 is 2.05 bits per heavy atom. The molecule has 6 heteroatoms. The van der Waals surface area contributed by atoms with Crippen LogP contribution in [0.3, 0.4) is 0 Å². The third-order valence-corrected chi connectivity index (χ3v) is 3.23. The maximum atomic E-state index is 13.7. The second kappa shape index (κ2) is 6.36. The summed E-state index contributed by atoms with van der Waals surface area (Å²) in [7, 11) is 0. The van der Waals surface area contributed by atoms with Crippen molar-refractivity contribution in [1.82, 2.24) is 9.80 Å². The number of carbonyl (C=O) groups is 2. The van der Waals surface area contributed by atoms with E-state index >= 15 is 0 Å². The summed E-state index contributed by atoms with van der Waals surface area (Å²) in [5, 5.41) is 0. The third kappa shape index (κ3) is 3.07. The Kier molecular flexibility index (Phi) is 4.55. The zero-order valence-electron chi connectivity index (χ0n) is 11.3. The highest BCUT2D eigenvalue weighted by Gasteiger charge is 2.22. The summed E-state index contributed by atoms with van der Waals surface area (Å²) < 4.78 is 18.8. The fraction of sp³-hybridized carbons (Fsp3) is 0.429. The summed E-state index contributed by atoms with van der Waals surface area (Å²) in [5.74, 6) is -0.614. The van der Waals surface area contributed by atoms with Crippen LogP contribution in [0.4, 0.5) is 4.39 Å². The van der Waals surface area contributed by atoms with Gasteiger partial charge in [-0.1, -0.05) is 0 Å². The molecule has 1 heterocycles. The number of piperazine rings is 1. The maximum absolute atomic E-state index is 13.7. The zero-order valence-corrected chi connectivity index (χ0v) is 11.3. The van der Waals surface area contributed by atoms with Crippen LogP contribution < -0.4 is 4.74 Å². The minimum absolute atomic E-state index is 0.148. The number of carbonyl (C=O) groups excluding carboxylic acids is 2.